The third-order valence-electron chi connectivity index (χ3n) is 5.86. The lowest BCUT2D eigenvalue weighted by molar-refractivity contribution is -0.115. The molecule has 2 heterocycles. The topological polar surface area (TPSA) is 45.2 Å². The number of benzene rings is 2. The van der Waals surface area contributed by atoms with Gasteiger partial charge in [-0.2, -0.15) is 0 Å². The van der Waals surface area contributed by atoms with Crippen LogP contribution >= 0.6 is 23.4 Å². The lowest BCUT2D eigenvalue weighted by Crippen LogP contribution is -2.25. The van der Waals surface area contributed by atoms with Gasteiger partial charge in [0, 0.05) is 23.0 Å². The largest absolute Gasteiger partial charge is 0.324 e. The molecule has 1 amide bonds. The van der Waals surface area contributed by atoms with Crippen LogP contribution in [-0.4, -0.2) is 21.5 Å². The van der Waals surface area contributed by atoms with E-state index < -0.39 is 0 Å². The van der Waals surface area contributed by atoms with E-state index in [2.05, 4.69) is 61.3 Å². The zero-order valence-corrected chi connectivity index (χ0v) is 20.9. The van der Waals surface area contributed by atoms with Gasteiger partial charge in [-0.05, 0) is 58.7 Å². The highest BCUT2D eigenvalue weighted by Crippen LogP contribution is 2.39. The molecule has 4 nitrogen and oxygen atoms in total. The average molecular weight is 480 g/mol. The van der Waals surface area contributed by atoms with Gasteiger partial charge in [0.25, 0.3) is 0 Å². The molecule has 0 aliphatic carbocycles. The van der Waals surface area contributed by atoms with E-state index >= 15 is 0 Å². The van der Waals surface area contributed by atoms with Crippen LogP contribution in [-0.2, 0) is 24.3 Å². The number of anilines is 1. The second-order valence-electron chi connectivity index (χ2n) is 8.79. The molecule has 0 spiro atoms. The van der Waals surface area contributed by atoms with E-state index in [1.165, 1.54) is 16.0 Å². The summed E-state index contributed by atoms with van der Waals surface area (Å²) in [6.45, 7) is 8.25. The van der Waals surface area contributed by atoms with E-state index in [4.69, 9.17) is 16.6 Å². The molecule has 1 unspecified atom stereocenters. The van der Waals surface area contributed by atoms with Crippen LogP contribution in [0.5, 0.6) is 0 Å². The summed E-state index contributed by atoms with van der Waals surface area (Å²) in [7, 11) is 0. The Bertz CT molecular complexity index is 1100. The number of carbonyl (C=O) groups excluding carboxylic acids is 1. The number of halogens is 1. The van der Waals surface area contributed by atoms with Crippen LogP contribution in [0.1, 0.15) is 49.2 Å². The standard InChI is InChI=1S/C27H30ClN3OS/c1-4-33-24-11-7-19(8-12-24)13-25(32)30-23-14-21-17-31(16-20-5-9-22(28)10-6-20)27(18(2)3)26(21)29-15-23/h5-12,14-15,18,27H,4,13,16-17H2,1-3H3,(H,30,32). The SMILES string of the molecule is CCSc1ccc(CC(=O)Nc2cnc3c(c2)CN(Cc2ccc(Cl)cc2)C3C(C)C)cc1. The number of pyridine rings is 1. The number of carbonyl (C=O) groups is 1. The third-order valence-corrected chi connectivity index (χ3v) is 7.01. The van der Waals surface area contributed by atoms with Crippen LogP contribution in [0.25, 0.3) is 0 Å². The number of nitrogens with one attached hydrogen (secondary N) is 1. The van der Waals surface area contributed by atoms with Crippen molar-refractivity contribution < 1.29 is 4.79 Å². The molecule has 0 saturated carbocycles. The van der Waals surface area contributed by atoms with Gasteiger partial charge in [-0.25, -0.2) is 0 Å². The summed E-state index contributed by atoms with van der Waals surface area (Å²) in [5, 5.41) is 3.79. The van der Waals surface area contributed by atoms with Crippen molar-refractivity contribution in [3.8, 4) is 0 Å². The fourth-order valence-electron chi connectivity index (χ4n) is 4.45. The van der Waals surface area contributed by atoms with Crippen molar-refractivity contribution in [3.05, 3.63) is 88.2 Å². The number of thioether (sulfide) groups is 1. The van der Waals surface area contributed by atoms with Gasteiger partial charge in [-0.3, -0.25) is 14.7 Å². The first-order chi connectivity index (χ1) is 15.9. The molecule has 0 fully saturated rings. The minimum absolute atomic E-state index is 0.0240. The zero-order chi connectivity index (χ0) is 23.4. The maximum Gasteiger partial charge on any atom is 0.228 e. The van der Waals surface area contributed by atoms with Crippen LogP contribution in [0.15, 0.2) is 65.7 Å². The van der Waals surface area contributed by atoms with Crippen LogP contribution in [0, 0.1) is 5.92 Å². The van der Waals surface area contributed by atoms with Gasteiger partial charge in [0.2, 0.25) is 5.91 Å². The Labute approximate surface area is 205 Å². The monoisotopic (exact) mass is 479 g/mol. The number of hydrogen-bond acceptors (Lipinski definition) is 4. The van der Waals surface area contributed by atoms with Crippen molar-refractivity contribution in [1.82, 2.24) is 9.88 Å². The summed E-state index contributed by atoms with van der Waals surface area (Å²) in [6.07, 6.45) is 2.14. The smallest absolute Gasteiger partial charge is 0.228 e. The second kappa shape index (κ2) is 10.7. The molecule has 1 aliphatic rings. The first-order valence-electron chi connectivity index (χ1n) is 11.4. The van der Waals surface area contributed by atoms with Crippen molar-refractivity contribution in [2.45, 2.75) is 51.2 Å². The molecule has 0 saturated heterocycles. The van der Waals surface area contributed by atoms with Gasteiger partial charge in [0.05, 0.1) is 30.0 Å². The maximum atomic E-state index is 12.6. The Morgan fingerprint density at radius 3 is 2.52 bits per heavy atom. The summed E-state index contributed by atoms with van der Waals surface area (Å²) >= 11 is 7.85. The highest BCUT2D eigenvalue weighted by molar-refractivity contribution is 7.99. The normalized spacial score (nSPS) is 15.6. The van der Waals surface area contributed by atoms with Gasteiger partial charge in [-0.1, -0.05) is 56.6 Å². The molecule has 3 aromatic rings. The molecule has 0 bridgehead atoms. The molecule has 1 aliphatic heterocycles. The number of hydrogen-bond donors (Lipinski definition) is 1. The van der Waals surface area contributed by atoms with E-state index in [0.717, 1.165) is 40.8 Å². The van der Waals surface area contributed by atoms with Crippen LogP contribution in [0.4, 0.5) is 5.69 Å². The molecular weight excluding hydrogens is 450 g/mol. The molecule has 1 N–H and O–H groups in total. The van der Waals surface area contributed by atoms with Gasteiger partial charge in [0.15, 0.2) is 0 Å². The summed E-state index contributed by atoms with van der Waals surface area (Å²) in [5.41, 5.74) is 5.29. The second-order valence-corrected chi connectivity index (χ2v) is 10.6. The minimum atomic E-state index is -0.0240. The minimum Gasteiger partial charge on any atom is -0.324 e. The van der Waals surface area contributed by atoms with E-state index in [1.807, 2.05) is 24.3 Å². The number of rotatable bonds is 8. The lowest BCUT2D eigenvalue weighted by Gasteiger charge is -2.27. The maximum absolute atomic E-state index is 12.6. The molecule has 0 radical (unpaired) electrons. The predicted molar refractivity (Wildman–Crippen MR) is 138 cm³/mol. The van der Waals surface area contributed by atoms with E-state index in [-0.39, 0.29) is 11.9 Å². The number of nitrogens with zero attached hydrogens (tertiary/aromatic N) is 2. The Balaban J connectivity index is 1.43. The molecule has 2 aromatic carbocycles. The Kier molecular flexibility index (Phi) is 7.74. The van der Waals surface area contributed by atoms with Gasteiger partial charge in [-0.15, -0.1) is 11.8 Å². The molecule has 6 heteroatoms. The Morgan fingerprint density at radius 2 is 1.85 bits per heavy atom. The first kappa shape index (κ1) is 23.8. The fraction of sp³-hybridized carbons (Fsp3) is 0.333. The Morgan fingerprint density at radius 1 is 1.15 bits per heavy atom. The van der Waals surface area contributed by atoms with Crippen molar-refractivity contribution in [1.29, 1.82) is 0 Å². The van der Waals surface area contributed by atoms with Crippen molar-refractivity contribution >= 4 is 35.0 Å². The Hall–Kier alpha value is -2.34. The third kappa shape index (κ3) is 5.97. The molecule has 1 atom stereocenters. The summed E-state index contributed by atoms with van der Waals surface area (Å²) < 4.78 is 0. The quantitative estimate of drug-likeness (QED) is 0.363. The van der Waals surface area contributed by atoms with E-state index in [0.29, 0.717) is 12.3 Å². The number of fused-ring (bicyclic) bond motifs is 1. The van der Waals surface area contributed by atoms with Crippen LogP contribution in [0.3, 0.4) is 0 Å². The van der Waals surface area contributed by atoms with Gasteiger partial charge >= 0.3 is 0 Å². The predicted octanol–water partition coefficient (Wildman–Crippen LogP) is 6.74. The first-order valence-corrected chi connectivity index (χ1v) is 12.8. The van der Waals surface area contributed by atoms with Crippen molar-refractivity contribution in [3.63, 3.8) is 0 Å². The fourth-order valence-corrected chi connectivity index (χ4v) is 5.24. The van der Waals surface area contributed by atoms with Crippen molar-refractivity contribution in [2.24, 2.45) is 5.92 Å². The average Bonchev–Trinajstić information content (AvgIpc) is 3.14. The molecule has 172 valence electrons. The zero-order valence-electron chi connectivity index (χ0n) is 19.3. The van der Waals surface area contributed by atoms with Gasteiger partial charge in [0.1, 0.15) is 0 Å². The van der Waals surface area contributed by atoms with E-state index in [9.17, 15) is 4.79 Å². The molecular formula is C27H30ClN3OS. The molecule has 33 heavy (non-hydrogen) atoms. The summed E-state index contributed by atoms with van der Waals surface area (Å²) in [4.78, 5) is 21.1. The van der Waals surface area contributed by atoms with Crippen molar-refractivity contribution in [2.75, 3.05) is 11.1 Å². The lowest BCUT2D eigenvalue weighted by atomic mass is 9.99. The molecule has 1 aromatic heterocycles. The number of aromatic nitrogens is 1. The van der Waals surface area contributed by atoms with Crippen LogP contribution in [0.2, 0.25) is 5.02 Å². The molecule has 4 rings (SSSR count). The van der Waals surface area contributed by atoms with E-state index in [1.54, 1.807) is 18.0 Å². The highest BCUT2D eigenvalue weighted by Gasteiger charge is 2.33. The summed E-state index contributed by atoms with van der Waals surface area (Å²) in [5.74, 6) is 1.45. The number of amides is 1. The van der Waals surface area contributed by atoms with Gasteiger partial charge < -0.3 is 5.32 Å². The van der Waals surface area contributed by atoms with Crippen LogP contribution < -0.4 is 5.32 Å². The summed E-state index contributed by atoms with van der Waals surface area (Å²) in [6, 6.07) is 18.6. The highest BCUT2D eigenvalue weighted by atomic mass is 35.5.